The van der Waals surface area contributed by atoms with Crippen LogP contribution in [0.25, 0.3) is 0 Å². The Morgan fingerprint density at radius 1 is 1.06 bits per heavy atom. The molecular weight excluding hydrogens is 427 g/mol. The first-order valence-corrected chi connectivity index (χ1v) is 11.1. The molecule has 1 aliphatic heterocycles. The van der Waals surface area contributed by atoms with E-state index in [0.717, 1.165) is 23.2 Å². The number of amides is 1. The molecule has 2 N–H and O–H groups in total. The van der Waals surface area contributed by atoms with Crippen LogP contribution in [0.5, 0.6) is 0 Å². The third-order valence-corrected chi connectivity index (χ3v) is 5.93. The number of halogens is 2. The van der Waals surface area contributed by atoms with Crippen molar-refractivity contribution in [1.29, 1.82) is 0 Å². The fraction of sp³-hybridized carbons (Fsp3) is 0.280. The maximum absolute atomic E-state index is 13.5. The highest BCUT2D eigenvalue weighted by atomic mass is 35.5. The average Bonchev–Trinajstić information content (AvgIpc) is 3.21. The molecular formula is C25H26ClFN4O. The van der Waals surface area contributed by atoms with E-state index in [1.807, 2.05) is 42.5 Å². The minimum absolute atomic E-state index is 0.00197. The number of hydrogen-bond donors (Lipinski definition) is 2. The highest BCUT2D eigenvalue weighted by molar-refractivity contribution is 6.30. The molecule has 5 nitrogen and oxygen atoms in total. The van der Waals surface area contributed by atoms with Crippen LogP contribution in [0.3, 0.4) is 0 Å². The van der Waals surface area contributed by atoms with E-state index in [1.165, 1.54) is 12.1 Å². The summed E-state index contributed by atoms with van der Waals surface area (Å²) < 4.78 is 13.5. The van der Waals surface area contributed by atoms with Gasteiger partial charge in [0.05, 0.1) is 6.04 Å². The van der Waals surface area contributed by atoms with Crippen molar-refractivity contribution >= 4 is 17.5 Å². The zero-order valence-electron chi connectivity index (χ0n) is 17.7. The smallest absolute Gasteiger partial charge is 0.237 e. The highest BCUT2D eigenvalue weighted by Gasteiger charge is 2.36. The Balaban J connectivity index is 1.41. The quantitative estimate of drug-likeness (QED) is 0.544. The predicted molar refractivity (Wildman–Crippen MR) is 123 cm³/mol. The number of carbonyl (C=O) groups is 1. The number of rotatable bonds is 8. The lowest BCUT2D eigenvalue weighted by Gasteiger charge is -2.23. The van der Waals surface area contributed by atoms with Crippen molar-refractivity contribution in [2.24, 2.45) is 0 Å². The fourth-order valence-corrected chi connectivity index (χ4v) is 4.17. The number of aromatic nitrogens is 1. The van der Waals surface area contributed by atoms with E-state index in [1.54, 1.807) is 18.5 Å². The van der Waals surface area contributed by atoms with Gasteiger partial charge in [0.15, 0.2) is 0 Å². The van der Waals surface area contributed by atoms with Gasteiger partial charge in [-0.3, -0.25) is 14.7 Å². The lowest BCUT2D eigenvalue weighted by Crippen LogP contribution is -2.42. The summed E-state index contributed by atoms with van der Waals surface area (Å²) in [7, 11) is 0. The van der Waals surface area contributed by atoms with Crippen LogP contribution < -0.4 is 10.6 Å². The molecule has 4 rings (SSSR count). The van der Waals surface area contributed by atoms with Gasteiger partial charge in [0.1, 0.15) is 5.82 Å². The van der Waals surface area contributed by atoms with E-state index in [2.05, 4.69) is 20.5 Å². The molecule has 2 aromatic carbocycles. The van der Waals surface area contributed by atoms with Gasteiger partial charge < -0.3 is 10.6 Å². The van der Waals surface area contributed by atoms with Crippen molar-refractivity contribution < 1.29 is 9.18 Å². The van der Waals surface area contributed by atoms with Gasteiger partial charge in [-0.25, -0.2) is 4.39 Å². The van der Waals surface area contributed by atoms with Gasteiger partial charge in [-0.2, -0.15) is 0 Å². The molecule has 2 heterocycles. The minimum atomic E-state index is -0.257. The molecule has 1 saturated heterocycles. The summed E-state index contributed by atoms with van der Waals surface area (Å²) in [5.41, 5.74) is 2.95. The largest absolute Gasteiger partial charge is 0.351 e. The molecule has 0 radical (unpaired) electrons. The van der Waals surface area contributed by atoms with Crippen molar-refractivity contribution in [3.63, 3.8) is 0 Å². The van der Waals surface area contributed by atoms with Crippen LogP contribution in [0.2, 0.25) is 5.02 Å². The molecule has 1 fully saturated rings. The van der Waals surface area contributed by atoms with Gasteiger partial charge in [0.25, 0.3) is 0 Å². The van der Waals surface area contributed by atoms with E-state index in [4.69, 9.17) is 11.6 Å². The van der Waals surface area contributed by atoms with E-state index < -0.39 is 0 Å². The summed E-state index contributed by atoms with van der Waals surface area (Å²) in [6.45, 7) is 2.38. The maximum atomic E-state index is 13.5. The number of nitrogens with zero attached hydrogens (tertiary/aromatic N) is 2. The average molecular weight is 453 g/mol. The second-order valence-corrected chi connectivity index (χ2v) is 8.53. The van der Waals surface area contributed by atoms with Crippen LogP contribution in [-0.2, 0) is 24.4 Å². The highest BCUT2D eigenvalue weighted by Crippen LogP contribution is 2.22. The molecule has 0 aliphatic carbocycles. The Bertz CT molecular complexity index is 1030. The van der Waals surface area contributed by atoms with E-state index in [9.17, 15) is 9.18 Å². The molecule has 0 unspecified atom stereocenters. The van der Waals surface area contributed by atoms with Crippen molar-refractivity contribution in [1.82, 2.24) is 20.5 Å². The van der Waals surface area contributed by atoms with Crippen LogP contribution in [-0.4, -0.2) is 34.4 Å². The van der Waals surface area contributed by atoms with Gasteiger partial charge in [0, 0.05) is 49.6 Å². The molecule has 2 atom stereocenters. The Morgan fingerprint density at radius 3 is 2.62 bits per heavy atom. The molecule has 3 aromatic rings. The predicted octanol–water partition coefficient (Wildman–Crippen LogP) is 3.92. The molecule has 166 valence electrons. The molecule has 0 bridgehead atoms. The molecule has 7 heteroatoms. The Labute approximate surface area is 192 Å². The second kappa shape index (κ2) is 10.7. The van der Waals surface area contributed by atoms with Gasteiger partial charge in [0.2, 0.25) is 5.91 Å². The first-order chi connectivity index (χ1) is 15.6. The Morgan fingerprint density at radius 2 is 1.88 bits per heavy atom. The normalized spacial score (nSPS) is 18.6. The molecule has 1 amide bonds. The number of hydrogen-bond acceptors (Lipinski definition) is 4. The first kappa shape index (κ1) is 22.4. The van der Waals surface area contributed by atoms with Gasteiger partial charge in [-0.15, -0.1) is 0 Å². The Hall–Kier alpha value is -2.80. The van der Waals surface area contributed by atoms with Crippen molar-refractivity contribution in [3.05, 3.63) is 101 Å². The summed E-state index contributed by atoms with van der Waals surface area (Å²) >= 11 is 6.02. The summed E-state index contributed by atoms with van der Waals surface area (Å²) in [4.78, 5) is 19.4. The summed E-state index contributed by atoms with van der Waals surface area (Å²) in [5.74, 6) is -0.245. The second-order valence-electron chi connectivity index (χ2n) is 8.09. The van der Waals surface area contributed by atoms with E-state index in [-0.39, 0.29) is 23.8 Å². The van der Waals surface area contributed by atoms with Crippen LogP contribution in [0.15, 0.2) is 73.1 Å². The zero-order valence-corrected chi connectivity index (χ0v) is 18.4. The molecule has 1 aliphatic rings. The minimum Gasteiger partial charge on any atom is -0.351 e. The SMILES string of the molecule is O=C(NCc1cccnc1)[C@@H]1C[C@H](NCc2cccc(F)c2)CN1Cc1ccc(Cl)cc1. The lowest BCUT2D eigenvalue weighted by atomic mass is 10.1. The molecule has 1 aromatic heterocycles. The third-order valence-electron chi connectivity index (χ3n) is 5.68. The van der Waals surface area contributed by atoms with Crippen molar-refractivity contribution in [3.8, 4) is 0 Å². The fourth-order valence-electron chi connectivity index (χ4n) is 4.04. The topological polar surface area (TPSA) is 57.3 Å². The number of nitrogens with one attached hydrogen (secondary N) is 2. The van der Waals surface area contributed by atoms with Crippen LogP contribution in [0.1, 0.15) is 23.1 Å². The lowest BCUT2D eigenvalue weighted by molar-refractivity contribution is -0.125. The summed E-state index contributed by atoms with van der Waals surface area (Å²) in [6, 6.07) is 18.0. The third kappa shape index (κ3) is 6.13. The van der Waals surface area contributed by atoms with Gasteiger partial charge >= 0.3 is 0 Å². The number of carbonyl (C=O) groups excluding carboxylic acids is 1. The first-order valence-electron chi connectivity index (χ1n) is 10.7. The van der Waals surface area contributed by atoms with E-state index in [0.29, 0.717) is 31.1 Å². The summed E-state index contributed by atoms with van der Waals surface area (Å²) in [6.07, 6.45) is 4.15. The summed E-state index contributed by atoms with van der Waals surface area (Å²) in [5, 5.41) is 7.23. The number of likely N-dealkylation sites (tertiary alicyclic amines) is 1. The van der Waals surface area contributed by atoms with Crippen LogP contribution >= 0.6 is 11.6 Å². The van der Waals surface area contributed by atoms with Crippen LogP contribution in [0, 0.1) is 5.82 Å². The number of benzene rings is 2. The standard InChI is InChI=1S/C25H26ClFN4O/c26-21-8-6-18(7-9-21)16-31-17-23(29-14-19-3-1-5-22(27)11-19)12-24(31)25(32)30-15-20-4-2-10-28-13-20/h1-11,13,23-24,29H,12,14-17H2,(H,30,32)/t23-,24-/m0/s1. The van der Waals surface area contributed by atoms with Crippen molar-refractivity contribution in [2.75, 3.05) is 6.54 Å². The van der Waals surface area contributed by atoms with E-state index >= 15 is 0 Å². The van der Waals surface area contributed by atoms with Crippen LogP contribution in [0.4, 0.5) is 4.39 Å². The van der Waals surface area contributed by atoms with Gasteiger partial charge in [-0.05, 0) is 53.4 Å². The molecule has 0 saturated carbocycles. The molecule has 32 heavy (non-hydrogen) atoms. The zero-order chi connectivity index (χ0) is 22.3. The van der Waals surface area contributed by atoms with Gasteiger partial charge in [-0.1, -0.05) is 41.9 Å². The van der Waals surface area contributed by atoms with Crippen molar-refractivity contribution in [2.45, 2.75) is 38.1 Å². The Kier molecular flexibility index (Phi) is 7.47. The molecule has 0 spiro atoms. The monoisotopic (exact) mass is 452 g/mol. The maximum Gasteiger partial charge on any atom is 0.237 e. The number of pyridine rings is 1.